The number of likely N-dealkylation sites (tertiary alicyclic amines) is 1. The molecule has 7 heteroatoms. The highest BCUT2D eigenvalue weighted by atomic mass is 127. The van der Waals surface area contributed by atoms with E-state index < -0.39 is 0 Å². The van der Waals surface area contributed by atoms with E-state index in [9.17, 15) is 0 Å². The molecular formula is C15H30IN3O3. The van der Waals surface area contributed by atoms with Gasteiger partial charge in [-0.05, 0) is 19.3 Å². The van der Waals surface area contributed by atoms with Crippen LogP contribution in [0.2, 0.25) is 0 Å². The summed E-state index contributed by atoms with van der Waals surface area (Å²) in [5.74, 6) is 1.58. The lowest BCUT2D eigenvalue weighted by Gasteiger charge is -2.23. The Kier molecular flexibility index (Phi) is 10.3. The second kappa shape index (κ2) is 11.4. The molecule has 0 saturated carbocycles. The van der Waals surface area contributed by atoms with E-state index in [1.165, 1.54) is 6.42 Å². The van der Waals surface area contributed by atoms with Gasteiger partial charge in [0, 0.05) is 46.3 Å². The predicted molar refractivity (Wildman–Crippen MR) is 98.1 cm³/mol. The first-order valence-electron chi connectivity index (χ1n) is 7.97. The number of halogens is 1. The van der Waals surface area contributed by atoms with Crippen molar-refractivity contribution in [3.05, 3.63) is 0 Å². The topological polar surface area (TPSA) is 55.3 Å². The zero-order valence-corrected chi connectivity index (χ0v) is 16.1. The van der Waals surface area contributed by atoms with Gasteiger partial charge in [0.2, 0.25) is 0 Å². The zero-order valence-electron chi connectivity index (χ0n) is 13.8. The van der Waals surface area contributed by atoms with E-state index in [4.69, 9.17) is 14.2 Å². The Hall–Kier alpha value is -0.120. The molecule has 2 aliphatic rings. The summed E-state index contributed by atoms with van der Waals surface area (Å²) >= 11 is 0. The number of aliphatic imine (C=N–C) groups is 1. The van der Waals surface area contributed by atoms with Gasteiger partial charge in [0.05, 0.1) is 25.9 Å². The monoisotopic (exact) mass is 427 g/mol. The highest BCUT2D eigenvalue weighted by Crippen LogP contribution is 2.17. The number of methoxy groups -OCH3 is 1. The van der Waals surface area contributed by atoms with Crippen LogP contribution in [0.5, 0.6) is 0 Å². The average molecular weight is 427 g/mol. The van der Waals surface area contributed by atoms with Crippen LogP contribution in [0.4, 0.5) is 0 Å². The van der Waals surface area contributed by atoms with Gasteiger partial charge in [-0.15, -0.1) is 24.0 Å². The van der Waals surface area contributed by atoms with Gasteiger partial charge in [-0.2, -0.15) is 0 Å². The third-order valence-corrected chi connectivity index (χ3v) is 4.09. The first kappa shape index (κ1) is 19.9. The lowest BCUT2D eigenvalue weighted by molar-refractivity contribution is 0.0536. The molecule has 2 saturated heterocycles. The summed E-state index contributed by atoms with van der Waals surface area (Å²) in [6.45, 7) is 5.97. The summed E-state index contributed by atoms with van der Waals surface area (Å²) in [5.41, 5.74) is 0. The van der Waals surface area contributed by atoms with Gasteiger partial charge in [0.25, 0.3) is 0 Å². The Bertz CT molecular complexity index is 325. The Morgan fingerprint density at radius 2 is 2.23 bits per heavy atom. The maximum Gasteiger partial charge on any atom is 0.193 e. The molecule has 2 aliphatic heterocycles. The third-order valence-electron chi connectivity index (χ3n) is 4.09. The molecule has 0 aromatic carbocycles. The molecule has 0 radical (unpaired) electrons. The fourth-order valence-corrected chi connectivity index (χ4v) is 2.90. The molecule has 6 nitrogen and oxygen atoms in total. The van der Waals surface area contributed by atoms with Gasteiger partial charge in [-0.3, -0.25) is 4.99 Å². The average Bonchev–Trinajstić information content (AvgIpc) is 3.16. The number of hydrogen-bond donors (Lipinski definition) is 1. The van der Waals surface area contributed by atoms with Crippen molar-refractivity contribution in [2.45, 2.75) is 25.4 Å². The van der Waals surface area contributed by atoms with Crippen molar-refractivity contribution in [3.8, 4) is 0 Å². The summed E-state index contributed by atoms with van der Waals surface area (Å²) in [4.78, 5) is 6.71. The van der Waals surface area contributed by atoms with Gasteiger partial charge in [-0.1, -0.05) is 0 Å². The fourth-order valence-electron chi connectivity index (χ4n) is 2.90. The van der Waals surface area contributed by atoms with Crippen LogP contribution in [0.1, 0.15) is 19.3 Å². The summed E-state index contributed by atoms with van der Waals surface area (Å²) in [7, 11) is 3.55. The Labute approximate surface area is 151 Å². The van der Waals surface area contributed by atoms with Crippen LogP contribution in [-0.4, -0.2) is 77.2 Å². The molecule has 0 aromatic heterocycles. The van der Waals surface area contributed by atoms with E-state index in [0.29, 0.717) is 25.2 Å². The molecule has 0 amide bonds. The van der Waals surface area contributed by atoms with Crippen LogP contribution in [0.25, 0.3) is 0 Å². The van der Waals surface area contributed by atoms with Crippen LogP contribution in [0.15, 0.2) is 4.99 Å². The molecule has 0 aliphatic carbocycles. The Balaban J connectivity index is 0.00000242. The van der Waals surface area contributed by atoms with Gasteiger partial charge in [0.15, 0.2) is 5.96 Å². The van der Waals surface area contributed by atoms with E-state index in [1.807, 2.05) is 7.05 Å². The second-order valence-corrected chi connectivity index (χ2v) is 5.73. The normalized spacial score (nSPS) is 25.4. The molecule has 0 aromatic rings. The maximum absolute atomic E-state index is 5.64. The first-order valence-corrected chi connectivity index (χ1v) is 7.97. The van der Waals surface area contributed by atoms with Crippen molar-refractivity contribution in [2.24, 2.45) is 10.9 Å². The quantitative estimate of drug-likeness (QED) is 0.288. The summed E-state index contributed by atoms with van der Waals surface area (Å²) in [6, 6.07) is 0. The van der Waals surface area contributed by atoms with E-state index in [1.54, 1.807) is 7.11 Å². The van der Waals surface area contributed by atoms with Crippen LogP contribution in [0.3, 0.4) is 0 Å². The van der Waals surface area contributed by atoms with E-state index in [0.717, 1.165) is 51.6 Å². The van der Waals surface area contributed by atoms with Crippen molar-refractivity contribution >= 4 is 29.9 Å². The molecule has 2 rings (SSSR count). The van der Waals surface area contributed by atoms with Crippen LogP contribution < -0.4 is 5.32 Å². The summed E-state index contributed by atoms with van der Waals surface area (Å²) in [6.07, 6.45) is 3.83. The fraction of sp³-hybridized carbons (Fsp3) is 0.933. The SMILES string of the molecule is CN=C(NCC1CCCO1)N1CCC(COCCOC)C1.I. The lowest BCUT2D eigenvalue weighted by atomic mass is 10.1. The first-order chi connectivity index (χ1) is 10.3. The van der Waals surface area contributed by atoms with Crippen LogP contribution >= 0.6 is 24.0 Å². The minimum absolute atomic E-state index is 0. The molecule has 2 heterocycles. The van der Waals surface area contributed by atoms with Crippen molar-refractivity contribution in [2.75, 3.05) is 60.2 Å². The Morgan fingerprint density at radius 1 is 1.36 bits per heavy atom. The minimum atomic E-state index is 0. The number of ether oxygens (including phenoxy) is 3. The van der Waals surface area contributed by atoms with Gasteiger partial charge < -0.3 is 24.4 Å². The number of nitrogens with zero attached hydrogens (tertiary/aromatic N) is 2. The molecular weight excluding hydrogens is 397 g/mol. The molecule has 0 bridgehead atoms. The molecule has 2 fully saturated rings. The largest absolute Gasteiger partial charge is 0.382 e. The molecule has 22 heavy (non-hydrogen) atoms. The van der Waals surface area contributed by atoms with Gasteiger partial charge >= 0.3 is 0 Å². The van der Waals surface area contributed by atoms with Crippen LogP contribution in [0, 0.1) is 5.92 Å². The number of guanidine groups is 1. The summed E-state index contributed by atoms with van der Waals surface area (Å²) < 4.78 is 16.3. The van der Waals surface area contributed by atoms with Crippen LogP contribution in [-0.2, 0) is 14.2 Å². The second-order valence-electron chi connectivity index (χ2n) is 5.73. The van der Waals surface area contributed by atoms with Crippen molar-refractivity contribution in [1.82, 2.24) is 10.2 Å². The Morgan fingerprint density at radius 3 is 2.91 bits per heavy atom. The standard InChI is InChI=1S/C15H29N3O3.HI/c1-16-15(17-10-14-4-3-7-21-14)18-6-5-13(11-18)12-20-9-8-19-2;/h13-14H,3-12H2,1-2H3,(H,16,17);1H. The number of rotatable bonds is 7. The predicted octanol–water partition coefficient (Wildman–Crippen LogP) is 1.34. The van der Waals surface area contributed by atoms with Crippen molar-refractivity contribution < 1.29 is 14.2 Å². The number of nitrogens with one attached hydrogen (secondary N) is 1. The number of hydrogen-bond acceptors (Lipinski definition) is 4. The molecule has 2 atom stereocenters. The van der Waals surface area contributed by atoms with E-state index >= 15 is 0 Å². The van der Waals surface area contributed by atoms with E-state index in [-0.39, 0.29) is 24.0 Å². The smallest absolute Gasteiger partial charge is 0.193 e. The minimum Gasteiger partial charge on any atom is -0.382 e. The molecule has 1 N–H and O–H groups in total. The molecule has 130 valence electrons. The molecule has 0 spiro atoms. The highest BCUT2D eigenvalue weighted by Gasteiger charge is 2.25. The molecule has 2 unspecified atom stereocenters. The zero-order chi connectivity index (χ0) is 14.9. The van der Waals surface area contributed by atoms with E-state index in [2.05, 4.69) is 15.2 Å². The lowest BCUT2D eigenvalue weighted by Crippen LogP contribution is -2.43. The highest BCUT2D eigenvalue weighted by molar-refractivity contribution is 14.0. The van der Waals surface area contributed by atoms with Gasteiger partial charge in [-0.25, -0.2) is 0 Å². The maximum atomic E-state index is 5.64. The van der Waals surface area contributed by atoms with Crippen molar-refractivity contribution in [3.63, 3.8) is 0 Å². The summed E-state index contributed by atoms with van der Waals surface area (Å²) in [5, 5.41) is 3.44. The van der Waals surface area contributed by atoms with Gasteiger partial charge in [0.1, 0.15) is 0 Å². The third kappa shape index (κ3) is 6.55. The van der Waals surface area contributed by atoms with Crippen molar-refractivity contribution in [1.29, 1.82) is 0 Å².